The molecule has 0 N–H and O–H groups in total. The first-order chi connectivity index (χ1) is 4.00. The maximum Gasteiger partial charge on any atom is 0.0606 e. The van der Waals surface area contributed by atoms with Gasteiger partial charge in [-0.2, -0.15) is 0 Å². The van der Waals surface area contributed by atoms with Crippen LogP contribution in [0, 0.1) is 12.8 Å². The lowest BCUT2D eigenvalue weighted by Crippen LogP contribution is -1.13. The van der Waals surface area contributed by atoms with Crippen molar-refractivity contribution in [2.45, 2.75) is 29.1 Å². The average molecular weight is 114 g/mol. The first kappa shape index (κ1) is 25.3. The molecule has 0 saturated heterocycles. The summed E-state index contributed by atoms with van der Waals surface area (Å²) in [7, 11) is 9.50. The molecule has 0 rings (SSSR count). The summed E-state index contributed by atoms with van der Waals surface area (Å²) < 4.78 is 11.0. The van der Waals surface area contributed by atoms with E-state index >= 15 is 0 Å². The van der Waals surface area contributed by atoms with Crippen molar-refractivity contribution in [1.82, 2.24) is 0 Å². The molecule has 0 spiro atoms. The van der Waals surface area contributed by atoms with Crippen LogP contribution in [-0.2, 0) is 0 Å². The van der Waals surface area contributed by atoms with Crippen molar-refractivity contribution in [2.75, 3.05) is 0 Å². The van der Waals surface area contributed by atoms with E-state index in [9.17, 15) is 0 Å². The quantitative estimate of drug-likeness (QED) is 0.332. The van der Waals surface area contributed by atoms with Gasteiger partial charge in [-0.05, 0) is 1.34 Å². The molecule has 2 heteroatoms. The van der Waals surface area contributed by atoms with Gasteiger partial charge in [0.1, 0.15) is 0 Å². The number of hydrogen-bond donors (Lipinski definition) is 0. The molecule has 0 aliphatic carbocycles. The lowest BCUT2D eigenvalue weighted by Gasteiger charge is -1.02. The fourth-order valence-corrected chi connectivity index (χ4v) is 0. The molecule has 8 heavy (non-hydrogen) atoms. The van der Waals surface area contributed by atoms with Crippen molar-refractivity contribution in [3.8, 4) is 12.8 Å². The van der Waals surface area contributed by atoms with Crippen molar-refractivity contribution < 1.29 is 1.37 Å². The highest BCUT2D eigenvalue weighted by molar-refractivity contribution is 6.05. The van der Waals surface area contributed by atoms with Crippen molar-refractivity contribution in [3.63, 3.8) is 0 Å². The Morgan fingerprint density at radius 1 is 1.25 bits per heavy atom. The van der Waals surface area contributed by atoms with E-state index in [1.54, 1.807) is 0 Å². The first-order valence-corrected chi connectivity index (χ1v) is 0.911. The zero-order valence-corrected chi connectivity index (χ0v) is 4.31. The van der Waals surface area contributed by atoms with Gasteiger partial charge < -0.3 is 0 Å². The van der Waals surface area contributed by atoms with Gasteiger partial charge in [0.05, 0.1) is 7.85 Å². The minimum atomic E-state index is 0. The third kappa shape index (κ3) is 1300. The van der Waals surface area contributed by atoms with Crippen molar-refractivity contribution in [3.05, 3.63) is 0 Å². The molecule has 0 unspecified atom stereocenters. The molecule has 0 aromatic rings. The highest BCUT2D eigenvalue weighted by Gasteiger charge is 0.984. The summed E-state index contributed by atoms with van der Waals surface area (Å²) in [6.07, 6.45) is 8.00. The van der Waals surface area contributed by atoms with Crippen LogP contribution < -0.4 is 0 Å². The second-order valence-corrected chi connectivity index (χ2v) is 0. The van der Waals surface area contributed by atoms with Crippen LogP contribution in [0.3, 0.4) is 0 Å². The van der Waals surface area contributed by atoms with Crippen LogP contribution in [0.25, 0.3) is 0 Å². The van der Waals surface area contributed by atoms with Gasteiger partial charge in [0.25, 0.3) is 0 Å². The fourth-order valence-electron chi connectivity index (χ4n) is 0. The van der Waals surface area contributed by atoms with Crippen molar-refractivity contribution >= 4 is 16.2 Å². The van der Waals surface area contributed by atoms with Crippen LogP contribution >= 0.6 is 0 Å². The highest BCUT2D eigenvalue weighted by atomic mass is 12.6. The molecule has 0 bridgehead atoms. The van der Waals surface area contributed by atoms with E-state index in [0.29, 0.717) is 0 Å². The molecule has 0 heterocycles. The van der Waals surface area contributed by atoms with Gasteiger partial charge in [-0.1, -0.05) is 29.1 Å². The standard InChI is InChI=1S/C2H2.CH3B.3CH4.BH/c2*1-2;;;;/h1-2H;1H3;3*1H4;1H/i;;1D;;;1D. The lowest BCUT2D eigenvalue weighted by molar-refractivity contribution is 2.40. The Kier molecular flexibility index (Phi) is 7120. The maximum atomic E-state index is 5.75. The predicted octanol–water partition coefficient (Wildman–Crippen LogP) is 1.71. The summed E-state index contributed by atoms with van der Waals surface area (Å²) in [5.74, 6) is 0. The lowest BCUT2D eigenvalue weighted by atomic mass is 10.2. The van der Waals surface area contributed by atoms with E-state index in [1.807, 2.05) is 0 Å². The molecule has 0 aliphatic heterocycles. The number of hydrogen-bond acceptors (Lipinski definition) is 0. The van der Waals surface area contributed by atoms with Crippen molar-refractivity contribution in [1.29, 1.82) is 1.34 Å². The SMILES string of the molecule is C.C.C#C.[2H]C.[2H][B].[B]C. The number of rotatable bonds is 0. The third-order valence-corrected chi connectivity index (χ3v) is 0. The first-order valence-electron chi connectivity index (χ1n) is 2.49. The Morgan fingerprint density at radius 2 is 1.25 bits per heavy atom. The average Bonchev–Trinajstić information content (AvgIpc) is 2.03. The molecule has 0 aliphatic rings. The minimum Gasteiger partial charge on any atom is -0.124 e. The monoisotopic (exact) mass is 114 g/mol. The smallest absolute Gasteiger partial charge is 0.0606 e. The Labute approximate surface area is 61.8 Å². The molecule has 0 aromatic carbocycles. The topological polar surface area (TPSA) is 0 Å². The molecule has 0 nitrogen and oxygen atoms in total. The Balaban J connectivity index is -0.00000000500. The van der Waals surface area contributed by atoms with Gasteiger partial charge in [-0.15, -0.1) is 12.8 Å². The van der Waals surface area contributed by atoms with Crippen LogP contribution in [0.4, 0.5) is 0 Å². The third-order valence-electron chi connectivity index (χ3n) is 0. The van der Waals surface area contributed by atoms with Crippen LogP contribution in [0.2, 0.25) is 6.82 Å². The van der Waals surface area contributed by atoms with E-state index in [-0.39, 0.29) is 14.9 Å². The van der Waals surface area contributed by atoms with E-state index < -0.39 is 0 Å². The second-order valence-electron chi connectivity index (χ2n) is 0. The molecule has 4 radical (unpaired) electrons. The summed E-state index contributed by atoms with van der Waals surface area (Å²) >= 11 is 0. The van der Waals surface area contributed by atoms with Crippen LogP contribution in [0.1, 0.15) is 23.6 Å². The molecule has 0 atom stereocenters. The molecule has 0 saturated carbocycles. The van der Waals surface area contributed by atoms with E-state index in [0.717, 1.165) is 0 Å². The molecule has 0 amide bonds. The Bertz CT molecular complexity index is 18.5. The Hall–Kier alpha value is -0.310. The maximum absolute atomic E-state index is 5.75. The highest BCUT2D eigenvalue weighted by Crippen LogP contribution is 0.960. The van der Waals surface area contributed by atoms with Gasteiger partial charge in [-0.3, -0.25) is 0 Å². The normalized spacial score (nSPS) is 2.50. The zero-order chi connectivity index (χ0) is 8.00. The molecule has 48 valence electrons. The van der Waals surface area contributed by atoms with Crippen LogP contribution in [0.5, 0.6) is 0 Å². The van der Waals surface area contributed by atoms with Gasteiger partial charge in [0.15, 0.2) is 0 Å². The van der Waals surface area contributed by atoms with Gasteiger partial charge >= 0.3 is 0 Å². The van der Waals surface area contributed by atoms with E-state index in [1.165, 1.54) is 14.2 Å². The molecular weight excluding hydrogens is 93.7 g/mol. The van der Waals surface area contributed by atoms with Crippen LogP contribution in [0.15, 0.2) is 0 Å². The fraction of sp³-hybridized carbons (Fsp3) is 0.667. The predicted molar refractivity (Wildman–Crippen MR) is 48.9 cm³/mol. The summed E-state index contributed by atoms with van der Waals surface area (Å²) in [5, 5.41) is 0. The Morgan fingerprint density at radius 3 is 1.25 bits per heavy atom. The molecule has 0 aromatic heterocycles. The zero-order valence-electron chi connectivity index (χ0n) is 6.31. The summed E-state index contributed by atoms with van der Waals surface area (Å²) in [6.45, 7) is 1.50. The minimum absolute atomic E-state index is 0. The van der Waals surface area contributed by atoms with Gasteiger partial charge in [0, 0.05) is 9.75 Å². The summed E-state index contributed by atoms with van der Waals surface area (Å²) in [6, 6.07) is 0. The number of terminal acetylenes is 1. The van der Waals surface area contributed by atoms with E-state index in [2.05, 4.69) is 29.1 Å². The molecular formula is C6H18B2. The van der Waals surface area contributed by atoms with Gasteiger partial charge in [0.2, 0.25) is 0 Å². The molecule has 0 fully saturated rings. The second kappa shape index (κ2) is 2250. The van der Waals surface area contributed by atoms with Crippen molar-refractivity contribution in [2.24, 2.45) is 0 Å². The summed E-state index contributed by atoms with van der Waals surface area (Å²) in [4.78, 5) is 0. The largest absolute Gasteiger partial charge is 0.124 e. The van der Waals surface area contributed by atoms with Gasteiger partial charge in [-0.25, -0.2) is 0 Å². The van der Waals surface area contributed by atoms with Crippen LogP contribution in [-0.4, -0.2) is 17.6 Å². The summed E-state index contributed by atoms with van der Waals surface area (Å²) in [5.41, 5.74) is 0. The van der Waals surface area contributed by atoms with E-state index in [4.69, 9.17) is 2.71 Å².